The van der Waals surface area contributed by atoms with Crippen molar-refractivity contribution in [3.05, 3.63) is 29.7 Å². The molecule has 0 aromatic heterocycles. The first kappa shape index (κ1) is 14.9. The highest BCUT2D eigenvalue weighted by atomic mass is 19.3. The minimum absolute atomic E-state index is 0.538. The smallest absolute Gasteiger partial charge is 0.272 e. The molecule has 0 radical (unpaired) electrons. The Labute approximate surface area is 96.5 Å². The molecule has 0 spiro atoms. The van der Waals surface area contributed by atoms with Gasteiger partial charge in [0.15, 0.2) is 0 Å². The van der Waals surface area contributed by atoms with Crippen molar-refractivity contribution in [2.75, 3.05) is 6.61 Å². The number of rotatable bonds is 7. The van der Waals surface area contributed by atoms with E-state index in [1.807, 2.05) is 13.0 Å². The summed E-state index contributed by atoms with van der Waals surface area (Å²) < 4.78 is 28.7. The molecule has 0 aliphatic heterocycles. The van der Waals surface area contributed by atoms with E-state index < -0.39 is 13.0 Å². The summed E-state index contributed by atoms with van der Waals surface area (Å²) in [5, 5.41) is 0. The molecule has 0 aromatic carbocycles. The average Bonchev–Trinajstić information content (AvgIpc) is 2.21. The molecule has 16 heavy (non-hydrogen) atoms. The van der Waals surface area contributed by atoms with Crippen LogP contribution in [0.4, 0.5) is 8.78 Å². The van der Waals surface area contributed by atoms with Crippen LogP contribution in [0.15, 0.2) is 29.7 Å². The zero-order valence-corrected chi connectivity index (χ0v) is 10.2. The predicted molar refractivity (Wildman–Crippen MR) is 62.4 cm³/mol. The van der Waals surface area contributed by atoms with E-state index in [-0.39, 0.29) is 0 Å². The summed E-state index contributed by atoms with van der Waals surface area (Å²) in [5.41, 5.74) is 2.98. The molecule has 0 aliphatic rings. The maximum atomic E-state index is 11.9. The summed E-state index contributed by atoms with van der Waals surface area (Å²) in [6.45, 7) is 5.57. The van der Waals surface area contributed by atoms with E-state index in [4.69, 9.17) is 4.74 Å². The fourth-order valence-electron chi connectivity index (χ4n) is 0.951. The summed E-state index contributed by atoms with van der Waals surface area (Å²) in [7, 11) is 0. The lowest BCUT2D eigenvalue weighted by Crippen LogP contribution is -2.03. The van der Waals surface area contributed by atoms with Crippen molar-refractivity contribution in [3.63, 3.8) is 0 Å². The summed E-state index contributed by atoms with van der Waals surface area (Å²) in [4.78, 5) is 0. The maximum Gasteiger partial charge on any atom is 0.272 e. The Morgan fingerprint density at radius 1 is 1.38 bits per heavy atom. The second kappa shape index (κ2) is 9.17. The Morgan fingerprint density at radius 3 is 2.56 bits per heavy atom. The molecular weight excluding hydrogens is 210 g/mol. The first-order valence-electron chi connectivity index (χ1n) is 5.57. The first-order chi connectivity index (χ1) is 7.56. The van der Waals surface area contributed by atoms with E-state index >= 15 is 0 Å². The molecular formula is C13H20F2O. The lowest BCUT2D eigenvalue weighted by molar-refractivity contribution is 0.0467. The van der Waals surface area contributed by atoms with Crippen LogP contribution in [0.3, 0.4) is 0 Å². The van der Waals surface area contributed by atoms with Crippen LogP contribution in [0, 0.1) is 5.92 Å². The van der Waals surface area contributed by atoms with Gasteiger partial charge in [-0.25, -0.2) is 8.78 Å². The van der Waals surface area contributed by atoms with Gasteiger partial charge in [-0.1, -0.05) is 20.8 Å². The van der Waals surface area contributed by atoms with Gasteiger partial charge in [-0.3, -0.25) is 0 Å². The fraction of sp³-hybridized carbons (Fsp3) is 0.615. The molecule has 0 fully saturated rings. The number of hydrogen-bond donors (Lipinski definition) is 0. The Balaban J connectivity index is 4.10. The zero-order chi connectivity index (χ0) is 12.4. The minimum atomic E-state index is -2.42. The SMILES string of the molecule is CCC(=CC=C=CCC(C)C)OCC(F)F. The highest BCUT2D eigenvalue weighted by molar-refractivity contribution is 5.07. The van der Waals surface area contributed by atoms with Crippen LogP contribution >= 0.6 is 0 Å². The summed E-state index contributed by atoms with van der Waals surface area (Å²) in [6, 6.07) is 0. The van der Waals surface area contributed by atoms with Crippen LogP contribution in [-0.4, -0.2) is 13.0 Å². The van der Waals surface area contributed by atoms with Gasteiger partial charge in [-0.2, -0.15) is 0 Å². The van der Waals surface area contributed by atoms with Crippen molar-refractivity contribution in [3.8, 4) is 0 Å². The molecule has 0 saturated heterocycles. The van der Waals surface area contributed by atoms with Gasteiger partial charge in [0.25, 0.3) is 6.43 Å². The lowest BCUT2D eigenvalue weighted by Gasteiger charge is -2.06. The molecule has 0 unspecified atom stereocenters. The number of ether oxygens (including phenoxy) is 1. The van der Waals surface area contributed by atoms with E-state index in [9.17, 15) is 8.78 Å². The molecule has 0 amide bonds. The van der Waals surface area contributed by atoms with Gasteiger partial charge in [0, 0.05) is 6.42 Å². The third kappa shape index (κ3) is 9.47. The van der Waals surface area contributed by atoms with E-state index in [1.165, 1.54) is 0 Å². The van der Waals surface area contributed by atoms with Crippen molar-refractivity contribution < 1.29 is 13.5 Å². The normalized spacial score (nSPS) is 11.6. The number of halogens is 2. The largest absolute Gasteiger partial charge is 0.492 e. The standard InChI is InChI=1S/C13H20F2O/c1-4-12(16-10-13(14)15)9-7-5-6-8-11(2)3/h6-7,9,11,13H,4,8,10H2,1-3H3. The summed E-state index contributed by atoms with van der Waals surface area (Å²) >= 11 is 0. The third-order valence-electron chi connectivity index (χ3n) is 1.82. The van der Waals surface area contributed by atoms with Crippen molar-refractivity contribution in [1.29, 1.82) is 0 Å². The van der Waals surface area contributed by atoms with Gasteiger partial charge in [-0.05, 0) is 30.6 Å². The van der Waals surface area contributed by atoms with Crippen molar-refractivity contribution in [2.24, 2.45) is 5.92 Å². The summed E-state index contributed by atoms with van der Waals surface area (Å²) in [5.74, 6) is 1.16. The number of allylic oxidation sites excluding steroid dienone is 3. The van der Waals surface area contributed by atoms with Gasteiger partial charge >= 0.3 is 0 Å². The molecule has 3 heteroatoms. The van der Waals surface area contributed by atoms with Gasteiger partial charge in [0.05, 0.1) is 5.76 Å². The second-order valence-corrected chi connectivity index (χ2v) is 3.86. The topological polar surface area (TPSA) is 9.23 Å². The maximum absolute atomic E-state index is 11.9. The van der Waals surface area contributed by atoms with Gasteiger partial charge in [0.1, 0.15) is 6.61 Å². The molecule has 0 aliphatic carbocycles. The molecule has 0 atom stereocenters. The Hall–Kier alpha value is -1.08. The summed E-state index contributed by atoms with van der Waals surface area (Å²) in [6.07, 6.45) is 4.46. The molecule has 0 aromatic rings. The van der Waals surface area contributed by atoms with Crippen molar-refractivity contribution >= 4 is 0 Å². The van der Waals surface area contributed by atoms with E-state index in [0.717, 1.165) is 6.42 Å². The predicted octanol–water partition coefficient (Wildman–Crippen LogP) is 4.32. The molecule has 0 saturated carbocycles. The average molecular weight is 230 g/mol. The highest BCUT2D eigenvalue weighted by Gasteiger charge is 2.03. The molecule has 1 nitrogen and oxygen atoms in total. The molecule has 0 bridgehead atoms. The minimum Gasteiger partial charge on any atom is -0.492 e. The fourth-order valence-corrected chi connectivity index (χ4v) is 0.951. The zero-order valence-electron chi connectivity index (χ0n) is 10.2. The highest BCUT2D eigenvalue weighted by Crippen LogP contribution is 2.06. The van der Waals surface area contributed by atoms with Gasteiger partial charge in [-0.15, -0.1) is 5.73 Å². The first-order valence-corrected chi connectivity index (χ1v) is 5.57. The van der Waals surface area contributed by atoms with Crippen LogP contribution < -0.4 is 0 Å². The molecule has 92 valence electrons. The van der Waals surface area contributed by atoms with Crippen LogP contribution in [0.1, 0.15) is 33.6 Å². The Morgan fingerprint density at radius 2 is 2.06 bits per heavy atom. The van der Waals surface area contributed by atoms with Crippen LogP contribution in [0.2, 0.25) is 0 Å². The second-order valence-electron chi connectivity index (χ2n) is 3.86. The van der Waals surface area contributed by atoms with E-state index in [0.29, 0.717) is 18.1 Å². The monoisotopic (exact) mass is 230 g/mol. The quantitative estimate of drug-likeness (QED) is 0.359. The lowest BCUT2D eigenvalue weighted by atomic mass is 10.1. The third-order valence-corrected chi connectivity index (χ3v) is 1.82. The van der Waals surface area contributed by atoms with Gasteiger partial charge < -0.3 is 4.74 Å². The Kier molecular flexibility index (Phi) is 8.55. The molecule has 0 rings (SSSR count). The number of alkyl halides is 2. The van der Waals surface area contributed by atoms with Crippen LogP contribution in [0.5, 0.6) is 0 Å². The molecule has 0 heterocycles. The number of hydrogen-bond acceptors (Lipinski definition) is 1. The van der Waals surface area contributed by atoms with Crippen molar-refractivity contribution in [2.45, 2.75) is 40.0 Å². The van der Waals surface area contributed by atoms with Gasteiger partial charge in [0.2, 0.25) is 0 Å². The Bertz CT molecular complexity index is 261. The van der Waals surface area contributed by atoms with E-state index in [1.54, 1.807) is 12.2 Å². The van der Waals surface area contributed by atoms with Crippen molar-refractivity contribution in [1.82, 2.24) is 0 Å². The van der Waals surface area contributed by atoms with Crippen LogP contribution in [0.25, 0.3) is 0 Å². The molecule has 0 N–H and O–H groups in total. The van der Waals surface area contributed by atoms with E-state index in [2.05, 4.69) is 19.6 Å². The van der Waals surface area contributed by atoms with Crippen LogP contribution in [-0.2, 0) is 4.74 Å².